The number of rotatable bonds is 6. The van der Waals surface area contributed by atoms with Gasteiger partial charge in [-0.3, -0.25) is 0 Å². The molecule has 0 aliphatic carbocycles. The number of carbonyl (C=O) groups is 1. The van der Waals surface area contributed by atoms with E-state index in [-0.39, 0.29) is 5.88 Å². The molecule has 5 aromatic rings. The highest BCUT2D eigenvalue weighted by atomic mass is 32.1. The van der Waals surface area contributed by atoms with Crippen molar-refractivity contribution in [2.45, 2.75) is 13.0 Å². The highest BCUT2D eigenvalue weighted by Gasteiger charge is 2.26. The van der Waals surface area contributed by atoms with Gasteiger partial charge in [0.2, 0.25) is 5.88 Å². The number of carboxylic acid groups (broad SMARTS) is 1. The largest absolute Gasteiger partial charge is 0.512 e. The monoisotopic (exact) mass is 503 g/mol. The number of nitrogens with zero attached hydrogens (tertiary/aromatic N) is 3. The molecule has 0 fully saturated rings. The Balaban J connectivity index is 1.62. The topological polar surface area (TPSA) is 105 Å². The standard InChI is InChI=1S/C26H21N3O6S/c1-32-22-11-17-20(12-23(22)33-2)29(13-14-3-5-18-19(9-14)28-36-27-18)25(35-26(30)31)24(17)16-4-6-21-15(10-16)7-8-34-21/h3-6,9-12H,7-8,13H2,1-2H3,(H,30,31). The van der Waals surface area contributed by atoms with Crippen molar-refractivity contribution in [2.75, 3.05) is 20.8 Å². The summed E-state index contributed by atoms with van der Waals surface area (Å²) >= 11 is 1.15. The number of hydrogen-bond acceptors (Lipinski definition) is 8. The van der Waals surface area contributed by atoms with Crippen LogP contribution in [0.1, 0.15) is 11.1 Å². The van der Waals surface area contributed by atoms with E-state index in [4.69, 9.17) is 18.9 Å². The lowest BCUT2D eigenvalue weighted by Gasteiger charge is -2.12. The van der Waals surface area contributed by atoms with Gasteiger partial charge in [-0.15, -0.1) is 0 Å². The fourth-order valence-corrected chi connectivity index (χ4v) is 5.24. The fraction of sp³-hybridized carbons (Fsp3) is 0.192. The second-order valence-corrected chi connectivity index (χ2v) is 8.90. The Hall–Kier alpha value is -4.31. The van der Waals surface area contributed by atoms with Gasteiger partial charge < -0.3 is 28.6 Å². The minimum Gasteiger partial charge on any atom is -0.493 e. The molecule has 1 N–H and O–H groups in total. The van der Waals surface area contributed by atoms with Crippen LogP contribution in [0.4, 0.5) is 4.79 Å². The van der Waals surface area contributed by atoms with Gasteiger partial charge in [-0.2, -0.15) is 8.75 Å². The molecule has 182 valence electrons. The van der Waals surface area contributed by atoms with Crippen LogP contribution in [-0.2, 0) is 13.0 Å². The Morgan fingerprint density at radius 1 is 1.06 bits per heavy atom. The Kier molecular flexibility index (Phi) is 5.37. The maximum absolute atomic E-state index is 11.9. The zero-order chi connectivity index (χ0) is 24.8. The summed E-state index contributed by atoms with van der Waals surface area (Å²) in [6.45, 7) is 0.966. The molecular weight excluding hydrogens is 482 g/mol. The Morgan fingerprint density at radius 3 is 2.67 bits per heavy atom. The molecule has 10 heteroatoms. The van der Waals surface area contributed by atoms with Crippen molar-refractivity contribution in [1.29, 1.82) is 0 Å². The molecule has 1 aliphatic heterocycles. The lowest BCUT2D eigenvalue weighted by molar-refractivity contribution is 0.141. The molecule has 0 bridgehead atoms. The van der Waals surface area contributed by atoms with Gasteiger partial charge in [-0.1, -0.05) is 12.1 Å². The summed E-state index contributed by atoms with van der Waals surface area (Å²) in [5.41, 5.74) is 5.81. The molecule has 36 heavy (non-hydrogen) atoms. The van der Waals surface area contributed by atoms with Gasteiger partial charge in [0.15, 0.2) is 11.5 Å². The predicted octanol–water partition coefficient (Wildman–Crippen LogP) is 5.37. The van der Waals surface area contributed by atoms with Crippen molar-refractivity contribution < 1.29 is 28.8 Å². The summed E-state index contributed by atoms with van der Waals surface area (Å²) in [6.07, 6.45) is -0.613. The first kappa shape index (κ1) is 22.2. The summed E-state index contributed by atoms with van der Waals surface area (Å²) in [5, 5.41) is 10.5. The van der Waals surface area contributed by atoms with E-state index in [1.807, 2.05) is 53.1 Å². The average molecular weight is 504 g/mol. The van der Waals surface area contributed by atoms with E-state index in [2.05, 4.69) is 8.75 Å². The number of fused-ring (bicyclic) bond motifs is 3. The maximum Gasteiger partial charge on any atom is 0.512 e. The third-order valence-electron chi connectivity index (χ3n) is 6.34. The first-order valence-corrected chi connectivity index (χ1v) is 11.9. The van der Waals surface area contributed by atoms with Crippen LogP contribution in [0, 0.1) is 0 Å². The minimum absolute atomic E-state index is 0.211. The summed E-state index contributed by atoms with van der Waals surface area (Å²) in [6, 6.07) is 15.4. The van der Waals surface area contributed by atoms with E-state index >= 15 is 0 Å². The van der Waals surface area contributed by atoms with Crippen molar-refractivity contribution >= 4 is 39.8 Å². The molecule has 6 rings (SSSR count). The van der Waals surface area contributed by atoms with Gasteiger partial charge in [-0.05, 0) is 47.0 Å². The van der Waals surface area contributed by atoms with Gasteiger partial charge in [0.25, 0.3) is 0 Å². The first-order valence-electron chi connectivity index (χ1n) is 11.2. The van der Waals surface area contributed by atoms with Gasteiger partial charge in [0, 0.05) is 17.9 Å². The highest BCUT2D eigenvalue weighted by molar-refractivity contribution is 7.00. The van der Waals surface area contributed by atoms with Crippen molar-refractivity contribution in [3.8, 4) is 34.3 Å². The molecule has 0 amide bonds. The minimum atomic E-state index is -1.40. The van der Waals surface area contributed by atoms with E-state index in [0.29, 0.717) is 30.2 Å². The van der Waals surface area contributed by atoms with Crippen LogP contribution >= 0.6 is 11.7 Å². The number of hydrogen-bond donors (Lipinski definition) is 1. The Labute approximate surface area is 209 Å². The van der Waals surface area contributed by atoms with E-state index in [1.165, 1.54) is 0 Å². The van der Waals surface area contributed by atoms with Crippen LogP contribution in [0.3, 0.4) is 0 Å². The number of methoxy groups -OCH3 is 2. The molecule has 0 saturated carbocycles. The second-order valence-electron chi connectivity index (χ2n) is 8.37. The Morgan fingerprint density at radius 2 is 1.86 bits per heavy atom. The zero-order valence-electron chi connectivity index (χ0n) is 19.5. The molecule has 0 saturated heterocycles. The highest BCUT2D eigenvalue weighted by Crippen LogP contribution is 2.46. The second kappa shape index (κ2) is 8.72. The summed E-state index contributed by atoms with van der Waals surface area (Å²) in [7, 11) is 3.13. The van der Waals surface area contributed by atoms with Crippen LogP contribution < -0.4 is 18.9 Å². The van der Waals surface area contributed by atoms with Crippen molar-refractivity contribution in [3.63, 3.8) is 0 Å². The third-order valence-corrected chi connectivity index (χ3v) is 6.90. The predicted molar refractivity (Wildman–Crippen MR) is 135 cm³/mol. The molecule has 0 radical (unpaired) electrons. The number of ether oxygens (including phenoxy) is 4. The van der Waals surface area contributed by atoms with Gasteiger partial charge in [0.1, 0.15) is 16.8 Å². The average Bonchev–Trinajstić information content (AvgIpc) is 3.60. The third kappa shape index (κ3) is 3.66. The van der Waals surface area contributed by atoms with Crippen molar-refractivity contribution in [2.24, 2.45) is 0 Å². The molecule has 9 nitrogen and oxygen atoms in total. The lowest BCUT2D eigenvalue weighted by Crippen LogP contribution is -2.10. The van der Waals surface area contributed by atoms with Gasteiger partial charge in [0.05, 0.1) is 50.2 Å². The molecule has 2 aromatic heterocycles. The SMILES string of the molecule is COc1cc2c(-c3ccc4c(c3)CCO4)c(OC(=O)O)n(Cc3ccc4nsnc4c3)c2cc1OC. The van der Waals surface area contributed by atoms with Crippen LogP contribution in [-0.4, -0.2) is 45.4 Å². The number of aromatic nitrogens is 3. The van der Waals surface area contributed by atoms with Crippen molar-refractivity contribution in [3.05, 3.63) is 59.7 Å². The van der Waals surface area contributed by atoms with E-state index in [0.717, 1.165) is 62.5 Å². The lowest BCUT2D eigenvalue weighted by atomic mass is 10.0. The summed E-state index contributed by atoms with van der Waals surface area (Å²) < 4.78 is 32.7. The summed E-state index contributed by atoms with van der Waals surface area (Å²) in [4.78, 5) is 11.9. The Bertz CT molecular complexity index is 1640. The van der Waals surface area contributed by atoms with Crippen LogP contribution in [0.2, 0.25) is 0 Å². The molecule has 3 heterocycles. The zero-order valence-corrected chi connectivity index (χ0v) is 20.3. The number of benzene rings is 3. The molecule has 0 spiro atoms. The quantitative estimate of drug-likeness (QED) is 0.308. The fourth-order valence-electron chi connectivity index (χ4n) is 4.73. The van der Waals surface area contributed by atoms with Crippen LogP contribution in [0.25, 0.3) is 33.1 Å². The van der Waals surface area contributed by atoms with Crippen molar-refractivity contribution in [1.82, 2.24) is 13.3 Å². The van der Waals surface area contributed by atoms with Crippen LogP contribution in [0.5, 0.6) is 23.1 Å². The molecular formula is C26H21N3O6S. The smallest absolute Gasteiger partial charge is 0.493 e. The van der Waals surface area contributed by atoms with Crippen LogP contribution in [0.15, 0.2) is 48.5 Å². The van der Waals surface area contributed by atoms with E-state index in [9.17, 15) is 9.90 Å². The van der Waals surface area contributed by atoms with Gasteiger partial charge in [-0.25, -0.2) is 4.79 Å². The maximum atomic E-state index is 11.9. The van der Waals surface area contributed by atoms with E-state index in [1.54, 1.807) is 14.2 Å². The summed E-state index contributed by atoms with van der Waals surface area (Å²) in [5.74, 6) is 2.11. The molecule has 3 aromatic carbocycles. The molecule has 1 aliphatic rings. The first-order chi connectivity index (χ1) is 17.6. The van der Waals surface area contributed by atoms with E-state index < -0.39 is 6.16 Å². The molecule has 0 unspecified atom stereocenters. The normalized spacial score (nSPS) is 12.5. The molecule has 0 atom stereocenters. The van der Waals surface area contributed by atoms with Gasteiger partial charge >= 0.3 is 6.16 Å².